The Morgan fingerprint density at radius 2 is 1.46 bits per heavy atom. The molecule has 0 aromatic carbocycles. The van der Waals surface area contributed by atoms with Gasteiger partial charge in [0.1, 0.15) is 13.8 Å². The normalized spacial score (nSPS) is 15.0. The zero-order valence-corrected chi connectivity index (χ0v) is 20.2. The van der Waals surface area contributed by atoms with Crippen molar-refractivity contribution < 1.29 is 14.0 Å². The highest BCUT2D eigenvalue weighted by Gasteiger charge is 2.41. The summed E-state index contributed by atoms with van der Waals surface area (Å²) < 4.78 is 5.67. The summed E-state index contributed by atoms with van der Waals surface area (Å²) in [7, 11) is -3.73. The molecule has 0 radical (unpaired) electrons. The lowest BCUT2D eigenvalue weighted by Crippen LogP contribution is -2.46. The van der Waals surface area contributed by atoms with E-state index in [0.29, 0.717) is 0 Å². The van der Waals surface area contributed by atoms with Gasteiger partial charge in [0.25, 0.3) is 8.32 Å². The van der Waals surface area contributed by atoms with Gasteiger partial charge in [0, 0.05) is 0 Å². The second-order valence-electron chi connectivity index (χ2n) is 9.47. The summed E-state index contributed by atoms with van der Waals surface area (Å²) in [4.78, 5) is 24.4. The van der Waals surface area contributed by atoms with Gasteiger partial charge in [0.05, 0.1) is 5.25 Å². The van der Waals surface area contributed by atoms with Crippen molar-refractivity contribution in [3.05, 3.63) is 0 Å². The molecule has 0 aromatic rings. The smallest absolute Gasteiger partial charge is 0.312 e. The molecule has 0 bridgehead atoms. The molecular formula is C17H37NO3SSi2. The number of carbonyl (C=O) groups excluding carboxylic acids is 2. The van der Waals surface area contributed by atoms with Crippen molar-refractivity contribution in [2.24, 2.45) is 0 Å². The Kier molecular flexibility index (Phi) is 7.86. The van der Waals surface area contributed by atoms with Crippen molar-refractivity contribution in [2.75, 3.05) is 6.54 Å². The van der Waals surface area contributed by atoms with Crippen molar-refractivity contribution >= 4 is 38.6 Å². The van der Waals surface area contributed by atoms with Crippen molar-refractivity contribution in [3.63, 3.8) is 0 Å². The molecule has 1 atom stereocenters. The zero-order valence-electron chi connectivity index (χ0n) is 17.4. The first-order chi connectivity index (χ1) is 10.4. The van der Waals surface area contributed by atoms with Crippen LogP contribution in [0.2, 0.25) is 36.3 Å². The standard InChI is InChI=1S/C17H37NO3SSi2/c1-13(22-24(10,11)17(5,6)7)15(20)18-12-14(19)21-23(8,9)16(2,3)4/h13H,12H2,1-11H3,(H,18,20). The molecule has 4 nitrogen and oxygen atoms in total. The highest BCUT2D eigenvalue weighted by molar-refractivity contribution is 8.29. The van der Waals surface area contributed by atoms with Crippen LogP contribution in [0.15, 0.2) is 0 Å². The van der Waals surface area contributed by atoms with Crippen molar-refractivity contribution in [1.29, 1.82) is 0 Å². The van der Waals surface area contributed by atoms with Crippen LogP contribution in [0.25, 0.3) is 0 Å². The maximum atomic E-state index is 12.3. The second-order valence-corrected chi connectivity index (χ2v) is 23.4. The van der Waals surface area contributed by atoms with Gasteiger partial charge in [-0.2, -0.15) is 11.2 Å². The van der Waals surface area contributed by atoms with Crippen LogP contribution in [-0.4, -0.2) is 39.2 Å². The van der Waals surface area contributed by atoms with Gasteiger partial charge in [0.15, 0.2) is 0 Å². The molecule has 1 N–H and O–H groups in total. The number of nitrogens with one attached hydrogen (secondary N) is 1. The van der Waals surface area contributed by atoms with E-state index in [9.17, 15) is 9.59 Å². The Morgan fingerprint density at radius 3 is 1.83 bits per heavy atom. The van der Waals surface area contributed by atoms with E-state index in [0.717, 1.165) is 0 Å². The van der Waals surface area contributed by atoms with Crippen molar-refractivity contribution in [2.45, 2.75) is 90.0 Å². The highest BCUT2D eigenvalue weighted by atomic mass is 32.4. The Bertz CT molecular complexity index is 465. The van der Waals surface area contributed by atoms with Gasteiger partial charge in [-0.1, -0.05) is 54.6 Å². The molecule has 1 unspecified atom stereocenters. The molecule has 0 spiro atoms. The van der Waals surface area contributed by atoms with Crippen LogP contribution in [0.3, 0.4) is 0 Å². The Balaban J connectivity index is 4.57. The van der Waals surface area contributed by atoms with Crippen molar-refractivity contribution in [3.8, 4) is 0 Å². The lowest BCUT2D eigenvalue weighted by molar-refractivity contribution is -0.136. The lowest BCUT2D eigenvalue weighted by atomic mass is 10.2. The molecule has 0 fully saturated rings. The maximum Gasteiger partial charge on any atom is 0.312 e. The molecular weight excluding hydrogens is 354 g/mol. The second kappa shape index (κ2) is 7.95. The first kappa shape index (κ1) is 23.7. The van der Waals surface area contributed by atoms with E-state index >= 15 is 0 Å². The summed E-state index contributed by atoms with van der Waals surface area (Å²) in [5, 5.41) is 2.77. The van der Waals surface area contributed by atoms with Crippen LogP contribution in [0, 0.1) is 0 Å². The molecule has 24 heavy (non-hydrogen) atoms. The maximum absolute atomic E-state index is 12.3. The van der Waals surface area contributed by atoms with Gasteiger partial charge in [0.2, 0.25) is 5.91 Å². The topological polar surface area (TPSA) is 55.4 Å². The average molecular weight is 392 g/mol. The molecule has 0 heterocycles. The number of carbonyl (C=O) groups is 2. The van der Waals surface area contributed by atoms with Gasteiger partial charge in [-0.05, 0) is 30.1 Å². The van der Waals surface area contributed by atoms with E-state index in [1.54, 1.807) is 11.2 Å². The predicted octanol–water partition coefficient (Wildman–Crippen LogP) is 4.78. The number of rotatable bonds is 6. The molecule has 7 heteroatoms. The molecule has 1 amide bonds. The summed E-state index contributed by atoms with van der Waals surface area (Å²) in [6, 6.07) is 0. The molecule has 0 rings (SSSR count). The Morgan fingerprint density at radius 1 is 1.00 bits per heavy atom. The zero-order chi connectivity index (χ0) is 19.6. The predicted molar refractivity (Wildman–Crippen MR) is 111 cm³/mol. The lowest BCUT2D eigenvalue weighted by Gasteiger charge is -2.37. The van der Waals surface area contributed by atoms with E-state index in [1.165, 1.54) is 0 Å². The van der Waals surface area contributed by atoms with E-state index in [2.05, 4.69) is 60.0 Å². The van der Waals surface area contributed by atoms with E-state index in [-0.39, 0.29) is 33.7 Å². The van der Waals surface area contributed by atoms with Crippen LogP contribution in [0.4, 0.5) is 0 Å². The van der Waals surface area contributed by atoms with Gasteiger partial charge in [-0.3, -0.25) is 9.59 Å². The third-order valence-electron chi connectivity index (χ3n) is 5.23. The first-order valence-electron chi connectivity index (χ1n) is 8.58. The SMILES string of the molecule is CC(S[Si](C)(C)C(C)(C)C)C(=O)NCC(=O)O[Si](C)(C)C(C)(C)C. The van der Waals surface area contributed by atoms with Crippen molar-refractivity contribution in [1.82, 2.24) is 5.32 Å². The minimum atomic E-state index is -2.13. The van der Waals surface area contributed by atoms with Crippen LogP contribution in [0.1, 0.15) is 48.5 Å². The summed E-state index contributed by atoms with van der Waals surface area (Å²) >= 11 is 1.77. The molecule has 0 aliphatic rings. The minimum absolute atomic E-state index is 0.0296. The third-order valence-corrected chi connectivity index (χ3v) is 19.0. The molecule has 0 aliphatic heterocycles. The Hall–Kier alpha value is -0.276. The molecule has 0 saturated heterocycles. The fraction of sp³-hybridized carbons (Fsp3) is 0.882. The molecule has 142 valence electrons. The average Bonchev–Trinajstić information content (AvgIpc) is 2.31. The van der Waals surface area contributed by atoms with Gasteiger partial charge < -0.3 is 9.74 Å². The molecule has 0 aromatic heterocycles. The van der Waals surface area contributed by atoms with Gasteiger partial charge in [-0.25, -0.2) is 0 Å². The molecule has 0 saturated carbocycles. The third kappa shape index (κ3) is 6.92. The number of hydrogen-bond donors (Lipinski definition) is 1. The quantitative estimate of drug-likeness (QED) is 0.662. The summed E-state index contributed by atoms with van der Waals surface area (Å²) in [5.74, 6) is -0.420. The monoisotopic (exact) mass is 391 g/mol. The van der Waals surface area contributed by atoms with Crippen LogP contribution >= 0.6 is 11.2 Å². The largest absolute Gasteiger partial charge is 0.518 e. The van der Waals surface area contributed by atoms with Crippen LogP contribution < -0.4 is 5.32 Å². The number of amides is 1. The van der Waals surface area contributed by atoms with E-state index in [4.69, 9.17) is 4.43 Å². The van der Waals surface area contributed by atoms with Gasteiger partial charge in [-0.15, -0.1) is 0 Å². The highest BCUT2D eigenvalue weighted by Crippen LogP contribution is 2.44. The summed E-state index contributed by atoms with van der Waals surface area (Å²) in [6.07, 6.45) is 0. The molecule has 0 aliphatic carbocycles. The Labute approximate surface area is 154 Å². The van der Waals surface area contributed by atoms with Gasteiger partial charge >= 0.3 is 5.97 Å². The van der Waals surface area contributed by atoms with E-state index in [1.807, 2.05) is 20.0 Å². The van der Waals surface area contributed by atoms with Crippen LogP contribution in [-0.2, 0) is 14.0 Å². The fourth-order valence-electron chi connectivity index (χ4n) is 1.45. The minimum Gasteiger partial charge on any atom is -0.518 e. The first-order valence-corrected chi connectivity index (χ1v) is 16.1. The fourth-order valence-corrected chi connectivity index (χ4v) is 7.86. The summed E-state index contributed by atoms with van der Waals surface area (Å²) in [5.41, 5.74) is 0. The summed E-state index contributed by atoms with van der Waals surface area (Å²) in [6.45, 7) is 23.4. The van der Waals surface area contributed by atoms with Crippen LogP contribution in [0.5, 0.6) is 0 Å². The van der Waals surface area contributed by atoms with E-state index < -0.39 is 15.5 Å². The number of hydrogen-bond acceptors (Lipinski definition) is 4.